The van der Waals surface area contributed by atoms with Crippen LogP contribution in [0.3, 0.4) is 0 Å². The van der Waals surface area contributed by atoms with E-state index in [-0.39, 0.29) is 5.78 Å². The zero-order valence-corrected chi connectivity index (χ0v) is 6.37. The van der Waals surface area contributed by atoms with E-state index in [9.17, 15) is 4.79 Å². The van der Waals surface area contributed by atoms with Crippen molar-refractivity contribution in [1.82, 2.24) is 9.97 Å². The summed E-state index contributed by atoms with van der Waals surface area (Å²) in [6.07, 6.45) is 7.06. The first-order chi connectivity index (χ1) is 5.33. The van der Waals surface area contributed by atoms with Gasteiger partial charge in [0.05, 0.1) is 18.2 Å². The first-order valence-electron chi connectivity index (χ1n) is 3.52. The predicted octanol–water partition coefficient (Wildman–Crippen LogP) is 1.40. The minimum atomic E-state index is 0.125. The molecular formula is C8H10N2O. The highest BCUT2D eigenvalue weighted by molar-refractivity contribution is 5.92. The lowest BCUT2D eigenvalue weighted by molar-refractivity contribution is -0.114. The molecule has 0 aromatic carbocycles. The minimum Gasteiger partial charge on any atom is -0.345 e. The third-order valence-electron chi connectivity index (χ3n) is 1.32. The number of nitrogens with zero attached hydrogens (tertiary/aromatic N) is 1. The molecule has 3 heteroatoms. The summed E-state index contributed by atoms with van der Waals surface area (Å²) >= 11 is 0. The summed E-state index contributed by atoms with van der Waals surface area (Å²) in [4.78, 5) is 17.5. The average molecular weight is 150 g/mol. The molecule has 0 radical (unpaired) electrons. The van der Waals surface area contributed by atoms with Crippen molar-refractivity contribution in [3.63, 3.8) is 0 Å². The highest BCUT2D eigenvalue weighted by Crippen LogP contribution is 1.95. The van der Waals surface area contributed by atoms with Gasteiger partial charge in [0.1, 0.15) is 0 Å². The highest BCUT2D eigenvalue weighted by Gasteiger charge is 1.90. The molecule has 1 rings (SSSR count). The molecule has 0 amide bonds. The van der Waals surface area contributed by atoms with Gasteiger partial charge < -0.3 is 4.98 Å². The molecule has 0 fully saturated rings. The third-order valence-corrected chi connectivity index (χ3v) is 1.32. The zero-order valence-electron chi connectivity index (χ0n) is 6.37. The van der Waals surface area contributed by atoms with E-state index in [2.05, 4.69) is 9.97 Å². The van der Waals surface area contributed by atoms with Crippen LogP contribution in [0.15, 0.2) is 18.6 Å². The van der Waals surface area contributed by atoms with Gasteiger partial charge in [0.15, 0.2) is 5.78 Å². The minimum absolute atomic E-state index is 0.125. The van der Waals surface area contributed by atoms with Crippen LogP contribution in [-0.2, 0) is 4.79 Å². The van der Waals surface area contributed by atoms with Gasteiger partial charge in [-0.25, -0.2) is 4.98 Å². The number of rotatable bonds is 3. The van der Waals surface area contributed by atoms with Crippen LogP contribution in [0.1, 0.15) is 19.0 Å². The van der Waals surface area contributed by atoms with E-state index in [4.69, 9.17) is 0 Å². The molecular weight excluding hydrogens is 140 g/mol. The second-order valence-electron chi connectivity index (χ2n) is 2.16. The Kier molecular flexibility index (Phi) is 2.60. The molecule has 0 spiro atoms. The molecule has 0 bridgehead atoms. The summed E-state index contributed by atoms with van der Waals surface area (Å²) < 4.78 is 0. The SMILES string of the molecule is CCC(=O)/C=C/c1cnc[nH]1. The van der Waals surface area contributed by atoms with Gasteiger partial charge in [-0.1, -0.05) is 6.92 Å². The summed E-state index contributed by atoms with van der Waals surface area (Å²) in [5.74, 6) is 0.125. The summed E-state index contributed by atoms with van der Waals surface area (Å²) in [7, 11) is 0. The summed E-state index contributed by atoms with van der Waals surface area (Å²) in [6, 6.07) is 0. The van der Waals surface area contributed by atoms with Crippen LogP contribution >= 0.6 is 0 Å². The van der Waals surface area contributed by atoms with Gasteiger partial charge in [0.25, 0.3) is 0 Å². The fourth-order valence-electron chi connectivity index (χ4n) is 0.658. The molecule has 3 nitrogen and oxygen atoms in total. The molecule has 0 aliphatic carbocycles. The van der Waals surface area contributed by atoms with E-state index in [0.29, 0.717) is 6.42 Å². The lowest BCUT2D eigenvalue weighted by Gasteiger charge is -1.83. The van der Waals surface area contributed by atoms with Crippen molar-refractivity contribution in [2.24, 2.45) is 0 Å². The molecule has 58 valence electrons. The second kappa shape index (κ2) is 3.71. The van der Waals surface area contributed by atoms with Crippen molar-refractivity contribution < 1.29 is 4.79 Å². The summed E-state index contributed by atoms with van der Waals surface area (Å²) in [5, 5.41) is 0. The van der Waals surface area contributed by atoms with Crippen molar-refractivity contribution in [3.05, 3.63) is 24.3 Å². The van der Waals surface area contributed by atoms with Crippen molar-refractivity contribution in [2.45, 2.75) is 13.3 Å². The quantitative estimate of drug-likeness (QED) is 0.662. The summed E-state index contributed by atoms with van der Waals surface area (Å²) in [5.41, 5.74) is 0.854. The first kappa shape index (κ1) is 7.72. The van der Waals surface area contributed by atoms with Crippen LogP contribution in [0.5, 0.6) is 0 Å². The number of ketones is 1. The number of carbonyl (C=O) groups is 1. The molecule has 11 heavy (non-hydrogen) atoms. The number of hydrogen-bond acceptors (Lipinski definition) is 2. The van der Waals surface area contributed by atoms with Gasteiger partial charge in [-0.05, 0) is 12.2 Å². The maximum Gasteiger partial charge on any atom is 0.155 e. The predicted molar refractivity (Wildman–Crippen MR) is 42.9 cm³/mol. The molecule has 0 atom stereocenters. The fraction of sp³-hybridized carbons (Fsp3) is 0.250. The Labute approximate surface area is 65.2 Å². The van der Waals surface area contributed by atoms with E-state index < -0.39 is 0 Å². The molecule has 0 saturated carbocycles. The number of carbonyl (C=O) groups excluding carboxylic acids is 1. The van der Waals surface area contributed by atoms with E-state index in [0.717, 1.165) is 5.69 Å². The van der Waals surface area contributed by atoms with E-state index >= 15 is 0 Å². The number of nitrogens with one attached hydrogen (secondary N) is 1. The third kappa shape index (κ3) is 2.37. The van der Waals surface area contributed by atoms with Gasteiger partial charge in [-0.2, -0.15) is 0 Å². The Morgan fingerprint density at radius 3 is 3.18 bits per heavy atom. The molecule has 0 aliphatic heterocycles. The molecule has 1 heterocycles. The zero-order chi connectivity index (χ0) is 8.10. The van der Waals surface area contributed by atoms with E-state index in [1.54, 1.807) is 24.7 Å². The first-order valence-corrected chi connectivity index (χ1v) is 3.52. The number of aromatic amines is 1. The Balaban J connectivity index is 2.55. The number of imidazole rings is 1. The largest absolute Gasteiger partial charge is 0.345 e. The molecule has 1 N–H and O–H groups in total. The van der Waals surface area contributed by atoms with Crippen molar-refractivity contribution >= 4 is 11.9 Å². The molecule has 0 unspecified atom stereocenters. The fourth-order valence-corrected chi connectivity index (χ4v) is 0.658. The number of H-pyrrole nitrogens is 1. The molecule has 0 aliphatic rings. The topological polar surface area (TPSA) is 45.8 Å². The second-order valence-corrected chi connectivity index (χ2v) is 2.16. The Morgan fingerprint density at radius 2 is 2.64 bits per heavy atom. The lowest BCUT2D eigenvalue weighted by Crippen LogP contribution is -1.86. The van der Waals surface area contributed by atoms with Gasteiger partial charge >= 0.3 is 0 Å². The smallest absolute Gasteiger partial charge is 0.155 e. The van der Waals surface area contributed by atoms with Gasteiger partial charge in [0.2, 0.25) is 0 Å². The highest BCUT2D eigenvalue weighted by atomic mass is 16.1. The standard InChI is InChI=1S/C8H10N2O/c1-2-8(11)4-3-7-5-9-6-10-7/h3-6H,2H2,1H3,(H,9,10)/b4-3+. The molecule has 0 saturated heterocycles. The normalized spacial score (nSPS) is 10.6. The molecule has 1 aromatic rings. The van der Waals surface area contributed by atoms with Crippen molar-refractivity contribution in [2.75, 3.05) is 0 Å². The van der Waals surface area contributed by atoms with Crippen LogP contribution in [0.25, 0.3) is 6.08 Å². The van der Waals surface area contributed by atoms with Gasteiger partial charge in [-0.3, -0.25) is 4.79 Å². The monoisotopic (exact) mass is 150 g/mol. The summed E-state index contributed by atoms with van der Waals surface area (Å²) in [6.45, 7) is 1.83. The maximum absolute atomic E-state index is 10.8. The lowest BCUT2D eigenvalue weighted by atomic mass is 10.3. The van der Waals surface area contributed by atoms with Gasteiger partial charge in [-0.15, -0.1) is 0 Å². The van der Waals surface area contributed by atoms with Crippen LogP contribution in [0, 0.1) is 0 Å². The van der Waals surface area contributed by atoms with Crippen LogP contribution in [-0.4, -0.2) is 15.8 Å². The van der Waals surface area contributed by atoms with E-state index in [1.165, 1.54) is 0 Å². The Hall–Kier alpha value is -1.38. The van der Waals surface area contributed by atoms with Crippen LogP contribution in [0.2, 0.25) is 0 Å². The average Bonchev–Trinajstić information content (AvgIpc) is 2.52. The maximum atomic E-state index is 10.8. The number of aromatic nitrogens is 2. The Bertz CT molecular complexity index is 249. The number of hydrogen-bond donors (Lipinski definition) is 1. The Morgan fingerprint density at radius 1 is 1.82 bits per heavy atom. The van der Waals surface area contributed by atoms with Crippen molar-refractivity contribution in [1.29, 1.82) is 0 Å². The molecule has 1 aromatic heterocycles. The van der Waals surface area contributed by atoms with Crippen LogP contribution < -0.4 is 0 Å². The van der Waals surface area contributed by atoms with Crippen LogP contribution in [0.4, 0.5) is 0 Å². The number of allylic oxidation sites excluding steroid dienone is 1. The van der Waals surface area contributed by atoms with Gasteiger partial charge in [0, 0.05) is 6.42 Å². The van der Waals surface area contributed by atoms with Crippen molar-refractivity contribution in [3.8, 4) is 0 Å². The van der Waals surface area contributed by atoms with E-state index in [1.807, 2.05) is 6.92 Å².